The summed E-state index contributed by atoms with van der Waals surface area (Å²) in [5.74, 6) is 0.555. The summed E-state index contributed by atoms with van der Waals surface area (Å²) in [4.78, 5) is 15.1. The Hall–Kier alpha value is -1.97. The molecule has 0 unspecified atom stereocenters. The maximum Gasteiger partial charge on any atom is 0.253 e. The minimum atomic E-state index is -0.0355. The lowest BCUT2D eigenvalue weighted by Crippen LogP contribution is -2.25. The first-order chi connectivity index (χ1) is 8.58. The van der Waals surface area contributed by atoms with Crippen LogP contribution in [0.25, 0.3) is 10.9 Å². The molecule has 0 fully saturated rings. The summed E-state index contributed by atoms with van der Waals surface area (Å²) in [7, 11) is 0. The van der Waals surface area contributed by atoms with Gasteiger partial charge in [-0.2, -0.15) is 0 Å². The predicted molar refractivity (Wildman–Crippen MR) is 74.5 cm³/mol. The molecule has 0 saturated carbocycles. The second-order valence-corrected chi connectivity index (χ2v) is 4.95. The highest BCUT2D eigenvalue weighted by Crippen LogP contribution is 2.20. The van der Waals surface area contributed by atoms with Crippen molar-refractivity contribution in [2.45, 2.75) is 20.3 Å². The van der Waals surface area contributed by atoms with Crippen LogP contribution in [0.3, 0.4) is 0 Å². The van der Waals surface area contributed by atoms with Crippen LogP contribution in [0.5, 0.6) is 0 Å². The highest BCUT2D eigenvalue weighted by molar-refractivity contribution is 6.07. The molecule has 4 N–H and O–H groups in total. The number of aromatic amines is 1. The standard InChI is InChI=1S/C14H19N3O/c1-9(2)5-6-16-14(18)12-8-17-13-7-10(15)3-4-11(12)13/h3-4,7-9,17H,5-6,15H2,1-2H3,(H,16,18). The molecule has 0 radical (unpaired) electrons. The van der Waals surface area contributed by atoms with Crippen molar-refractivity contribution in [3.05, 3.63) is 30.0 Å². The number of fused-ring (bicyclic) bond motifs is 1. The van der Waals surface area contributed by atoms with Gasteiger partial charge in [0.15, 0.2) is 0 Å². The molecule has 18 heavy (non-hydrogen) atoms. The molecule has 0 aliphatic heterocycles. The van der Waals surface area contributed by atoms with Crippen molar-refractivity contribution in [1.29, 1.82) is 0 Å². The largest absolute Gasteiger partial charge is 0.399 e. The molecule has 0 bridgehead atoms. The van der Waals surface area contributed by atoms with Gasteiger partial charge in [0, 0.05) is 29.3 Å². The Balaban J connectivity index is 2.13. The molecule has 1 aromatic carbocycles. The molecular weight excluding hydrogens is 226 g/mol. The number of carbonyl (C=O) groups excluding carboxylic acids is 1. The van der Waals surface area contributed by atoms with E-state index < -0.39 is 0 Å². The second kappa shape index (κ2) is 5.12. The molecule has 2 aromatic rings. The topological polar surface area (TPSA) is 70.9 Å². The number of nitrogens with one attached hydrogen (secondary N) is 2. The number of nitrogens with two attached hydrogens (primary N) is 1. The van der Waals surface area contributed by atoms with Gasteiger partial charge in [-0.1, -0.05) is 13.8 Å². The van der Waals surface area contributed by atoms with Crippen molar-refractivity contribution in [2.24, 2.45) is 5.92 Å². The van der Waals surface area contributed by atoms with E-state index in [1.807, 2.05) is 12.1 Å². The summed E-state index contributed by atoms with van der Waals surface area (Å²) in [6.07, 6.45) is 2.72. The minimum absolute atomic E-state index is 0.0355. The van der Waals surface area contributed by atoms with Crippen LogP contribution in [0.2, 0.25) is 0 Å². The van der Waals surface area contributed by atoms with E-state index in [1.165, 1.54) is 0 Å². The number of anilines is 1. The number of amides is 1. The lowest BCUT2D eigenvalue weighted by Gasteiger charge is -2.06. The third kappa shape index (κ3) is 2.64. The average Bonchev–Trinajstić information content (AvgIpc) is 2.71. The van der Waals surface area contributed by atoms with Gasteiger partial charge in [0.05, 0.1) is 5.56 Å². The van der Waals surface area contributed by atoms with Crippen LogP contribution in [0.15, 0.2) is 24.4 Å². The summed E-state index contributed by atoms with van der Waals surface area (Å²) in [5, 5.41) is 3.84. The first-order valence-electron chi connectivity index (χ1n) is 6.22. The molecule has 0 saturated heterocycles. The van der Waals surface area contributed by atoms with Gasteiger partial charge in [0.25, 0.3) is 5.91 Å². The van der Waals surface area contributed by atoms with E-state index in [0.29, 0.717) is 23.7 Å². The van der Waals surface area contributed by atoms with E-state index in [9.17, 15) is 4.79 Å². The summed E-state index contributed by atoms with van der Waals surface area (Å²) in [5.41, 5.74) is 7.96. The number of hydrogen-bond acceptors (Lipinski definition) is 2. The molecule has 96 valence electrons. The van der Waals surface area contributed by atoms with Gasteiger partial charge in [-0.15, -0.1) is 0 Å². The number of rotatable bonds is 4. The van der Waals surface area contributed by atoms with Crippen LogP contribution in [0.4, 0.5) is 5.69 Å². The third-order valence-electron chi connectivity index (χ3n) is 2.96. The molecule has 2 rings (SSSR count). The first-order valence-corrected chi connectivity index (χ1v) is 6.22. The third-order valence-corrected chi connectivity index (χ3v) is 2.96. The number of benzene rings is 1. The van der Waals surface area contributed by atoms with E-state index in [-0.39, 0.29) is 5.91 Å². The second-order valence-electron chi connectivity index (χ2n) is 4.95. The van der Waals surface area contributed by atoms with Crippen molar-refractivity contribution in [1.82, 2.24) is 10.3 Å². The molecule has 4 nitrogen and oxygen atoms in total. The van der Waals surface area contributed by atoms with E-state index in [2.05, 4.69) is 24.1 Å². The summed E-state index contributed by atoms with van der Waals surface area (Å²) >= 11 is 0. The van der Waals surface area contributed by atoms with Crippen LogP contribution in [0, 0.1) is 5.92 Å². The molecule has 0 aliphatic carbocycles. The highest BCUT2D eigenvalue weighted by Gasteiger charge is 2.11. The fourth-order valence-electron chi connectivity index (χ4n) is 1.90. The molecule has 0 aliphatic rings. The van der Waals surface area contributed by atoms with E-state index in [1.54, 1.807) is 12.3 Å². The van der Waals surface area contributed by atoms with Gasteiger partial charge < -0.3 is 16.0 Å². The molecule has 1 amide bonds. The molecule has 0 spiro atoms. The van der Waals surface area contributed by atoms with Crippen molar-refractivity contribution >= 4 is 22.5 Å². The van der Waals surface area contributed by atoms with Crippen molar-refractivity contribution in [2.75, 3.05) is 12.3 Å². The Morgan fingerprint density at radius 1 is 1.44 bits per heavy atom. The Morgan fingerprint density at radius 2 is 2.22 bits per heavy atom. The van der Waals surface area contributed by atoms with Crippen molar-refractivity contribution in [3.8, 4) is 0 Å². The molecule has 4 heteroatoms. The van der Waals surface area contributed by atoms with Crippen LogP contribution in [-0.2, 0) is 0 Å². The molecular formula is C14H19N3O. The van der Waals surface area contributed by atoms with Gasteiger partial charge >= 0.3 is 0 Å². The number of H-pyrrole nitrogens is 1. The monoisotopic (exact) mass is 245 g/mol. The van der Waals surface area contributed by atoms with Crippen LogP contribution >= 0.6 is 0 Å². The quantitative estimate of drug-likeness (QED) is 0.724. The van der Waals surface area contributed by atoms with Gasteiger partial charge in [-0.05, 0) is 30.5 Å². The van der Waals surface area contributed by atoms with Gasteiger partial charge in [0.2, 0.25) is 0 Å². The highest BCUT2D eigenvalue weighted by atomic mass is 16.1. The Bertz CT molecular complexity index is 557. The number of carbonyl (C=O) groups is 1. The van der Waals surface area contributed by atoms with Gasteiger partial charge in [-0.3, -0.25) is 4.79 Å². The molecule has 1 heterocycles. The van der Waals surface area contributed by atoms with E-state index in [0.717, 1.165) is 17.3 Å². The van der Waals surface area contributed by atoms with Crippen LogP contribution < -0.4 is 11.1 Å². The van der Waals surface area contributed by atoms with Crippen LogP contribution in [-0.4, -0.2) is 17.4 Å². The number of aromatic nitrogens is 1. The Labute approximate surface area is 107 Å². The zero-order chi connectivity index (χ0) is 13.1. The average molecular weight is 245 g/mol. The van der Waals surface area contributed by atoms with Crippen LogP contribution in [0.1, 0.15) is 30.6 Å². The zero-order valence-corrected chi connectivity index (χ0v) is 10.8. The smallest absolute Gasteiger partial charge is 0.253 e. The maximum atomic E-state index is 12.0. The maximum absolute atomic E-state index is 12.0. The van der Waals surface area contributed by atoms with Crippen molar-refractivity contribution in [3.63, 3.8) is 0 Å². The van der Waals surface area contributed by atoms with E-state index >= 15 is 0 Å². The summed E-state index contributed by atoms with van der Waals surface area (Å²) in [6, 6.07) is 5.51. The first kappa shape index (κ1) is 12.5. The Kier molecular flexibility index (Phi) is 3.55. The van der Waals surface area contributed by atoms with Crippen molar-refractivity contribution < 1.29 is 4.79 Å². The summed E-state index contributed by atoms with van der Waals surface area (Å²) < 4.78 is 0. The molecule has 0 atom stereocenters. The minimum Gasteiger partial charge on any atom is -0.399 e. The number of nitrogen functional groups attached to an aromatic ring is 1. The number of hydrogen-bond donors (Lipinski definition) is 3. The molecule has 1 aromatic heterocycles. The Morgan fingerprint density at radius 3 is 2.94 bits per heavy atom. The van der Waals surface area contributed by atoms with Gasteiger partial charge in [0.1, 0.15) is 0 Å². The normalized spacial score (nSPS) is 11.1. The fourth-order valence-corrected chi connectivity index (χ4v) is 1.90. The SMILES string of the molecule is CC(C)CCNC(=O)c1c[nH]c2cc(N)ccc12. The summed E-state index contributed by atoms with van der Waals surface area (Å²) in [6.45, 7) is 4.99. The lowest BCUT2D eigenvalue weighted by molar-refractivity contribution is 0.0953. The zero-order valence-electron chi connectivity index (χ0n) is 10.8. The van der Waals surface area contributed by atoms with Gasteiger partial charge in [-0.25, -0.2) is 0 Å². The lowest BCUT2D eigenvalue weighted by atomic mass is 10.1. The van der Waals surface area contributed by atoms with E-state index in [4.69, 9.17) is 5.73 Å². The predicted octanol–water partition coefficient (Wildman–Crippen LogP) is 2.53. The fraction of sp³-hybridized carbons (Fsp3) is 0.357.